The lowest BCUT2D eigenvalue weighted by Gasteiger charge is -2.03. The number of benzene rings is 1. The van der Waals surface area contributed by atoms with Crippen LogP contribution in [-0.4, -0.2) is 22.8 Å². The zero-order chi connectivity index (χ0) is 12.8. The van der Waals surface area contributed by atoms with Crippen LogP contribution in [-0.2, 0) is 9.59 Å². The molecule has 0 aliphatic carbocycles. The van der Waals surface area contributed by atoms with E-state index in [9.17, 15) is 9.59 Å². The van der Waals surface area contributed by atoms with E-state index in [0.29, 0.717) is 11.3 Å². The quantitative estimate of drug-likeness (QED) is 0.345. The Morgan fingerprint density at radius 2 is 1.82 bits per heavy atom. The zero-order valence-electron chi connectivity index (χ0n) is 8.81. The third-order valence-electron chi connectivity index (χ3n) is 1.84. The number of carboxylic acids is 1. The lowest BCUT2D eigenvalue weighted by Crippen LogP contribution is -2.12. The smallest absolute Gasteiger partial charge is 0.328 e. The minimum absolute atomic E-state index is 0.0614. The first-order chi connectivity index (χ1) is 7.99. The second kappa shape index (κ2) is 5.45. The molecule has 0 aliphatic heterocycles. The maximum Gasteiger partial charge on any atom is 0.328 e. The maximum atomic E-state index is 11.2. The van der Waals surface area contributed by atoms with Crippen molar-refractivity contribution >= 4 is 23.4 Å². The summed E-state index contributed by atoms with van der Waals surface area (Å²) in [5.41, 5.74) is 6.31. The number of rotatable bonds is 4. The molecule has 5 N–H and O–H groups in total. The van der Waals surface area contributed by atoms with Gasteiger partial charge in [0.25, 0.3) is 0 Å². The number of amidine groups is 1. The number of carboxylic acid groups (broad SMARTS) is 1. The van der Waals surface area contributed by atoms with E-state index in [-0.39, 0.29) is 5.84 Å². The Labute approximate surface area is 97.3 Å². The number of nitrogen functional groups attached to an aromatic ring is 1. The Bertz CT molecular complexity index is 477. The first kappa shape index (κ1) is 12.4. The van der Waals surface area contributed by atoms with Crippen LogP contribution in [0.1, 0.15) is 5.56 Å². The number of carbonyl (C=O) groups is 2. The van der Waals surface area contributed by atoms with E-state index < -0.39 is 11.9 Å². The molecule has 88 valence electrons. The van der Waals surface area contributed by atoms with E-state index in [1.165, 1.54) is 0 Å². The molecule has 0 saturated carbocycles. The summed E-state index contributed by atoms with van der Waals surface area (Å²) in [4.78, 5) is 21.4. The van der Waals surface area contributed by atoms with Crippen molar-refractivity contribution in [1.82, 2.24) is 0 Å². The molecule has 0 bridgehead atoms. The van der Waals surface area contributed by atoms with Crippen molar-refractivity contribution < 1.29 is 14.7 Å². The molecule has 0 aromatic heterocycles. The van der Waals surface area contributed by atoms with E-state index in [1.807, 2.05) is 0 Å². The Morgan fingerprint density at radius 1 is 1.24 bits per heavy atom. The minimum atomic E-state index is -1.19. The van der Waals surface area contributed by atoms with Crippen molar-refractivity contribution in [2.75, 3.05) is 5.32 Å². The average Bonchev–Trinajstić information content (AvgIpc) is 2.27. The number of aliphatic carboxylic acids is 1. The standard InChI is InChI=1S/C11H11N3O3/c12-11(13)7-1-3-8(4-2-7)14-9(15)5-6-10(16)17/h1-6H,(H3,12,13)(H,14,15)(H,16,17)/b6-5+. The molecule has 0 aliphatic rings. The molecule has 0 radical (unpaired) electrons. The van der Waals surface area contributed by atoms with Gasteiger partial charge in [0.2, 0.25) is 5.91 Å². The predicted molar refractivity (Wildman–Crippen MR) is 62.9 cm³/mol. The molecule has 1 aromatic rings. The van der Waals surface area contributed by atoms with Crippen LogP contribution in [0.3, 0.4) is 0 Å². The summed E-state index contributed by atoms with van der Waals surface area (Å²) in [5, 5.41) is 18.0. The van der Waals surface area contributed by atoms with Gasteiger partial charge in [0.15, 0.2) is 0 Å². The Kier molecular flexibility index (Phi) is 3.99. The number of nitrogens with one attached hydrogen (secondary N) is 2. The first-order valence-electron chi connectivity index (χ1n) is 4.65. The van der Waals surface area contributed by atoms with E-state index in [2.05, 4.69) is 5.32 Å². The van der Waals surface area contributed by atoms with Crippen molar-refractivity contribution in [2.45, 2.75) is 0 Å². The predicted octanol–water partition coefficient (Wildman–Crippen LogP) is 0.550. The highest BCUT2D eigenvalue weighted by molar-refractivity contribution is 6.02. The fourth-order valence-electron chi connectivity index (χ4n) is 1.06. The molecule has 0 spiro atoms. The fraction of sp³-hybridized carbons (Fsp3) is 0. The third kappa shape index (κ3) is 4.17. The normalized spacial score (nSPS) is 10.1. The minimum Gasteiger partial charge on any atom is -0.478 e. The van der Waals surface area contributed by atoms with Crippen LogP contribution in [0.4, 0.5) is 5.69 Å². The number of carbonyl (C=O) groups excluding carboxylic acids is 1. The molecular weight excluding hydrogens is 222 g/mol. The van der Waals surface area contributed by atoms with Crippen LogP contribution in [0.15, 0.2) is 36.4 Å². The Hall–Kier alpha value is -2.63. The van der Waals surface area contributed by atoms with E-state index in [1.54, 1.807) is 24.3 Å². The largest absolute Gasteiger partial charge is 0.478 e. The molecule has 0 saturated heterocycles. The van der Waals surface area contributed by atoms with Crippen molar-refractivity contribution in [3.63, 3.8) is 0 Å². The molecule has 1 aromatic carbocycles. The molecule has 0 heterocycles. The van der Waals surface area contributed by atoms with E-state index in [0.717, 1.165) is 12.2 Å². The highest BCUT2D eigenvalue weighted by atomic mass is 16.4. The van der Waals surface area contributed by atoms with Crippen LogP contribution in [0.25, 0.3) is 0 Å². The summed E-state index contributed by atoms with van der Waals surface area (Å²) in [5.74, 6) is -1.79. The molecular formula is C11H11N3O3. The van der Waals surface area contributed by atoms with Gasteiger partial charge in [-0.25, -0.2) is 4.79 Å². The van der Waals surface area contributed by atoms with Gasteiger partial charge in [0.05, 0.1) is 0 Å². The molecule has 6 nitrogen and oxygen atoms in total. The topological polar surface area (TPSA) is 116 Å². The molecule has 1 rings (SSSR count). The van der Waals surface area contributed by atoms with Gasteiger partial charge in [-0.1, -0.05) is 0 Å². The molecule has 0 atom stereocenters. The van der Waals surface area contributed by atoms with Crippen LogP contribution in [0, 0.1) is 5.41 Å². The lowest BCUT2D eigenvalue weighted by molar-refractivity contribution is -0.131. The Balaban J connectivity index is 2.66. The van der Waals surface area contributed by atoms with Crippen molar-refractivity contribution in [1.29, 1.82) is 5.41 Å². The maximum absolute atomic E-state index is 11.2. The Morgan fingerprint density at radius 3 is 2.29 bits per heavy atom. The second-order valence-electron chi connectivity index (χ2n) is 3.15. The van der Waals surface area contributed by atoms with Gasteiger partial charge in [-0.3, -0.25) is 10.2 Å². The van der Waals surface area contributed by atoms with Gasteiger partial charge >= 0.3 is 5.97 Å². The summed E-state index contributed by atoms with van der Waals surface area (Å²) < 4.78 is 0. The van der Waals surface area contributed by atoms with E-state index >= 15 is 0 Å². The van der Waals surface area contributed by atoms with Crippen LogP contribution in [0.5, 0.6) is 0 Å². The zero-order valence-corrected chi connectivity index (χ0v) is 8.81. The molecule has 17 heavy (non-hydrogen) atoms. The van der Waals surface area contributed by atoms with Gasteiger partial charge in [-0.15, -0.1) is 0 Å². The number of hydrogen-bond acceptors (Lipinski definition) is 3. The van der Waals surface area contributed by atoms with Gasteiger partial charge in [-0.05, 0) is 24.3 Å². The van der Waals surface area contributed by atoms with Gasteiger partial charge < -0.3 is 16.2 Å². The molecule has 1 amide bonds. The van der Waals surface area contributed by atoms with Crippen molar-refractivity contribution in [3.8, 4) is 0 Å². The van der Waals surface area contributed by atoms with Gasteiger partial charge in [0.1, 0.15) is 5.84 Å². The highest BCUT2D eigenvalue weighted by Gasteiger charge is 2.00. The van der Waals surface area contributed by atoms with Crippen LogP contribution in [0.2, 0.25) is 0 Å². The lowest BCUT2D eigenvalue weighted by atomic mass is 10.2. The summed E-state index contributed by atoms with van der Waals surface area (Å²) in [6, 6.07) is 6.31. The summed E-state index contributed by atoms with van der Waals surface area (Å²) in [6.45, 7) is 0. The van der Waals surface area contributed by atoms with Crippen LogP contribution >= 0.6 is 0 Å². The number of anilines is 1. The monoisotopic (exact) mass is 233 g/mol. The SMILES string of the molecule is N=C(N)c1ccc(NC(=O)/C=C/C(=O)O)cc1. The fourth-order valence-corrected chi connectivity index (χ4v) is 1.06. The van der Waals surface area contributed by atoms with Gasteiger partial charge in [-0.2, -0.15) is 0 Å². The third-order valence-corrected chi connectivity index (χ3v) is 1.84. The van der Waals surface area contributed by atoms with E-state index in [4.69, 9.17) is 16.2 Å². The van der Waals surface area contributed by atoms with Gasteiger partial charge in [0, 0.05) is 23.4 Å². The molecule has 0 fully saturated rings. The number of nitrogens with two attached hydrogens (primary N) is 1. The number of hydrogen-bond donors (Lipinski definition) is 4. The summed E-state index contributed by atoms with van der Waals surface area (Å²) in [6.07, 6.45) is 1.67. The van der Waals surface area contributed by atoms with Crippen LogP contribution < -0.4 is 11.1 Å². The second-order valence-corrected chi connectivity index (χ2v) is 3.15. The summed E-state index contributed by atoms with van der Waals surface area (Å²) >= 11 is 0. The summed E-state index contributed by atoms with van der Waals surface area (Å²) in [7, 11) is 0. The molecule has 0 unspecified atom stereocenters. The molecule has 6 heteroatoms. The first-order valence-corrected chi connectivity index (χ1v) is 4.65. The number of amides is 1. The highest BCUT2D eigenvalue weighted by Crippen LogP contribution is 2.08. The van der Waals surface area contributed by atoms with Crippen molar-refractivity contribution in [3.05, 3.63) is 42.0 Å². The van der Waals surface area contributed by atoms with Crippen molar-refractivity contribution in [2.24, 2.45) is 5.73 Å². The average molecular weight is 233 g/mol.